The van der Waals surface area contributed by atoms with Gasteiger partial charge in [-0.3, -0.25) is 4.79 Å². The molecule has 0 spiro atoms. The highest BCUT2D eigenvalue weighted by molar-refractivity contribution is 8.00. The first kappa shape index (κ1) is 26.1. The van der Waals surface area contributed by atoms with Gasteiger partial charge in [-0.05, 0) is 44.4 Å². The molecule has 2 heterocycles. The van der Waals surface area contributed by atoms with Crippen LogP contribution in [0.15, 0.2) is 52.3 Å². The number of hydrogen-bond donors (Lipinski definition) is 3. The number of rotatable bonds is 10. The van der Waals surface area contributed by atoms with Crippen LogP contribution in [0.4, 0.5) is 28.8 Å². The largest absolute Gasteiger partial charge is 0.495 e. The molecule has 190 valence electrons. The molecule has 1 aliphatic heterocycles. The van der Waals surface area contributed by atoms with Crippen molar-refractivity contribution in [3.8, 4) is 5.75 Å². The summed E-state index contributed by atoms with van der Waals surface area (Å²) in [5.74, 6) is 2.78. The first-order chi connectivity index (χ1) is 17.3. The number of aryl methyl sites for hydroxylation is 1. The van der Waals surface area contributed by atoms with Crippen LogP contribution >= 0.6 is 23.5 Å². The van der Waals surface area contributed by atoms with Crippen LogP contribution in [-0.4, -0.2) is 59.5 Å². The van der Waals surface area contributed by atoms with E-state index in [1.165, 1.54) is 4.90 Å². The maximum absolute atomic E-state index is 12.2. The third kappa shape index (κ3) is 6.63. The average molecular weight is 525 g/mol. The molecule has 0 saturated carbocycles. The Hall–Kier alpha value is -2.95. The van der Waals surface area contributed by atoms with Crippen LogP contribution in [0.2, 0.25) is 0 Å². The molecule has 0 radical (unpaired) electrons. The van der Waals surface area contributed by atoms with Crippen LogP contribution in [0.5, 0.6) is 5.75 Å². The molecule has 2 aromatic carbocycles. The molecule has 8 nitrogen and oxygen atoms in total. The van der Waals surface area contributed by atoms with Crippen molar-refractivity contribution in [1.82, 2.24) is 14.9 Å². The summed E-state index contributed by atoms with van der Waals surface area (Å²) in [4.78, 5) is 26.0. The van der Waals surface area contributed by atoms with Crippen molar-refractivity contribution >= 4 is 58.3 Å². The molecule has 1 amide bonds. The molecule has 0 fully saturated rings. The number of nitrogens with one attached hydrogen (secondary N) is 3. The number of amides is 1. The van der Waals surface area contributed by atoms with Gasteiger partial charge < -0.3 is 25.6 Å². The summed E-state index contributed by atoms with van der Waals surface area (Å²) >= 11 is 3.59. The number of nitrogens with zero attached hydrogens (tertiary/aromatic N) is 3. The smallest absolute Gasteiger partial charge is 0.238 e. The topological polar surface area (TPSA) is 91.4 Å². The van der Waals surface area contributed by atoms with E-state index in [9.17, 15) is 4.79 Å². The molecule has 0 saturated heterocycles. The molecule has 4 rings (SSSR count). The van der Waals surface area contributed by atoms with Gasteiger partial charge in [-0.1, -0.05) is 26.0 Å². The molecule has 1 aromatic heterocycles. The number of methoxy groups -OCH3 is 1. The standard InChI is InChI=1S/C26H32N6O2S2/c1-16(2)36-22-9-7-6-8-18(22)28-25-24-19(12-13-35-24)29-26(31-25)30-20-14-17(10-11-21(20)34-5)27-23(33)15-32(3)4/h6-11,14,16H,12-13,15H2,1-5H3,(H,27,33)(H2,28,29,30,31). The second kappa shape index (κ2) is 11.9. The Balaban J connectivity index is 1.63. The van der Waals surface area contributed by atoms with Crippen molar-refractivity contribution < 1.29 is 9.53 Å². The minimum atomic E-state index is -0.0914. The SMILES string of the molecule is COc1ccc(NC(=O)CN(C)C)cc1Nc1nc2c(c(Nc3ccccc3SC(C)C)n1)SCC2. The molecule has 0 unspecified atom stereocenters. The van der Waals surface area contributed by atoms with Gasteiger partial charge in [0.1, 0.15) is 11.6 Å². The Kier molecular flexibility index (Phi) is 8.60. The highest BCUT2D eigenvalue weighted by Crippen LogP contribution is 2.40. The molecule has 0 atom stereocenters. The lowest BCUT2D eigenvalue weighted by atomic mass is 10.2. The second-order valence-electron chi connectivity index (χ2n) is 8.88. The van der Waals surface area contributed by atoms with E-state index in [-0.39, 0.29) is 5.91 Å². The molecule has 0 aliphatic carbocycles. The number of hydrogen-bond acceptors (Lipinski definition) is 9. The van der Waals surface area contributed by atoms with Crippen molar-refractivity contribution in [1.29, 1.82) is 0 Å². The lowest BCUT2D eigenvalue weighted by Gasteiger charge is -2.17. The number of aromatic nitrogens is 2. The number of carbonyl (C=O) groups excluding carboxylic acids is 1. The monoisotopic (exact) mass is 524 g/mol. The molecule has 3 N–H and O–H groups in total. The Morgan fingerprint density at radius 1 is 1.14 bits per heavy atom. The average Bonchev–Trinajstić information content (AvgIpc) is 3.29. The van der Waals surface area contributed by atoms with Crippen LogP contribution in [0, 0.1) is 0 Å². The van der Waals surface area contributed by atoms with Crippen molar-refractivity contribution in [3.05, 3.63) is 48.2 Å². The third-order valence-electron chi connectivity index (χ3n) is 5.21. The third-order valence-corrected chi connectivity index (χ3v) is 7.42. The van der Waals surface area contributed by atoms with E-state index in [0.29, 0.717) is 34.9 Å². The Labute approximate surface area is 221 Å². The summed E-state index contributed by atoms with van der Waals surface area (Å²) in [5, 5.41) is 10.3. The van der Waals surface area contributed by atoms with Gasteiger partial charge in [0.05, 0.1) is 35.6 Å². The van der Waals surface area contributed by atoms with E-state index >= 15 is 0 Å². The van der Waals surface area contributed by atoms with E-state index in [2.05, 4.69) is 48.0 Å². The fraction of sp³-hybridized carbons (Fsp3) is 0.346. The molecule has 1 aliphatic rings. The van der Waals surface area contributed by atoms with Crippen LogP contribution in [-0.2, 0) is 11.2 Å². The number of anilines is 5. The van der Waals surface area contributed by atoms with Crippen molar-refractivity contribution in [2.24, 2.45) is 0 Å². The first-order valence-corrected chi connectivity index (χ1v) is 13.6. The second-order valence-corrected chi connectivity index (χ2v) is 11.6. The minimum Gasteiger partial charge on any atom is -0.495 e. The van der Waals surface area contributed by atoms with Gasteiger partial charge in [0.15, 0.2) is 0 Å². The number of para-hydroxylation sites is 1. The zero-order valence-electron chi connectivity index (χ0n) is 21.2. The maximum Gasteiger partial charge on any atom is 0.238 e. The Morgan fingerprint density at radius 3 is 2.69 bits per heavy atom. The van der Waals surface area contributed by atoms with Gasteiger partial charge in [-0.2, -0.15) is 4.98 Å². The molecule has 10 heteroatoms. The van der Waals surface area contributed by atoms with E-state index in [0.717, 1.165) is 34.3 Å². The predicted molar refractivity (Wildman–Crippen MR) is 151 cm³/mol. The summed E-state index contributed by atoms with van der Waals surface area (Å²) < 4.78 is 5.55. The summed E-state index contributed by atoms with van der Waals surface area (Å²) in [6.45, 7) is 4.67. The minimum absolute atomic E-state index is 0.0914. The summed E-state index contributed by atoms with van der Waals surface area (Å²) in [6.07, 6.45) is 0.881. The van der Waals surface area contributed by atoms with E-state index in [1.807, 2.05) is 55.0 Å². The number of thioether (sulfide) groups is 2. The van der Waals surface area contributed by atoms with Gasteiger partial charge in [-0.25, -0.2) is 4.98 Å². The van der Waals surface area contributed by atoms with Crippen LogP contribution in [0.1, 0.15) is 19.5 Å². The number of ether oxygens (including phenoxy) is 1. The van der Waals surface area contributed by atoms with Crippen LogP contribution in [0.25, 0.3) is 0 Å². The molecule has 36 heavy (non-hydrogen) atoms. The highest BCUT2D eigenvalue weighted by atomic mass is 32.2. The molecular formula is C26H32N6O2S2. The molecule has 0 bridgehead atoms. The lowest BCUT2D eigenvalue weighted by Crippen LogP contribution is -2.27. The van der Waals surface area contributed by atoms with E-state index in [1.54, 1.807) is 18.9 Å². The van der Waals surface area contributed by atoms with Gasteiger partial charge >= 0.3 is 0 Å². The van der Waals surface area contributed by atoms with Crippen LogP contribution < -0.4 is 20.7 Å². The lowest BCUT2D eigenvalue weighted by molar-refractivity contribution is -0.116. The first-order valence-electron chi connectivity index (χ1n) is 11.8. The predicted octanol–water partition coefficient (Wildman–Crippen LogP) is 5.62. The van der Waals surface area contributed by atoms with Crippen molar-refractivity contribution in [2.45, 2.75) is 35.3 Å². The van der Waals surface area contributed by atoms with Gasteiger partial charge in [0.2, 0.25) is 11.9 Å². The molecular weight excluding hydrogens is 492 g/mol. The maximum atomic E-state index is 12.2. The highest BCUT2D eigenvalue weighted by Gasteiger charge is 2.22. The number of carbonyl (C=O) groups is 1. The zero-order valence-corrected chi connectivity index (χ0v) is 22.8. The van der Waals surface area contributed by atoms with Gasteiger partial charge in [0, 0.05) is 28.0 Å². The summed E-state index contributed by atoms with van der Waals surface area (Å²) in [7, 11) is 5.33. The quantitative estimate of drug-likeness (QED) is 0.292. The Morgan fingerprint density at radius 2 is 1.94 bits per heavy atom. The Bertz CT molecular complexity index is 1240. The molecule has 3 aromatic rings. The van der Waals surface area contributed by atoms with E-state index < -0.39 is 0 Å². The van der Waals surface area contributed by atoms with Crippen molar-refractivity contribution in [3.63, 3.8) is 0 Å². The van der Waals surface area contributed by atoms with Crippen LogP contribution in [0.3, 0.4) is 0 Å². The van der Waals surface area contributed by atoms with E-state index in [4.69, 9.17) is 14.7 Å². The zero-order chi connectivity index (χ0) is 25.7. The summed E-state index contributed by atoms with van der Waals surface area (Å²) in [5.41, 5.74) is 3.38. The van der Waals surface area contributed by atoms with Crippen molar-refractivity contribution in [2.75, 3.05) is 49.5 Å². The number of fused-ring (bicyclic) bond motifs is 1. The number of benzene rings is 2. The summed E-state index contributed by atoms with van der Waals surface area (Å²) in [6, 6.07) is 13.7. The fourth-order valence-corrected chi connectivity index (χ4v) is 5.71. The number of likely N-dealkylation sites (N-methyl/N-ethyl adjacent to an activating group) is 1. The normalized spacial score (nSPS) is 12.5. The van der Waals surface area contributed by atoms with Gasteiger partial charge in [-0.15, -0.1) is 23.5 Å². The van der Waals surface area contributed by atoms with Gasteiger partial charge in [0.25, 0.3) is 0 Å². The fourth-order valence-electron chi connectivity index (χ4n) is 3.75.